The van der Waals surface area contributed by atoms with Gasteiger partial charge in [-0.05, 0) is 43.2 Å². The van der Waals surface area contributed by atoms with Crippen LogP contribution in [0.1, 0.15) is 31.4 Å². The zero-order valence-electron chi connectivity index (χ0n) is 12.3. The number of hydrogen-bond acceptors (Lipinski definition) is 2. The van der Waals surface area contributed by atoms with Crippen molar-refractivity contribution < 1.29 is 4.74 Å². The van der Waals surface area contributed by atoms with Crippen LogP contribution in [-0.4, -0.2) is 24.3 Å². The summed E-state index contributed by atoms with van der Waals surface area (Å²) in [6.07, 6.45) is 4.98. The molecule has 1 saturated carbocycles. The molecule has 2 aromatic rings. The summed E-state index contributed by atoms with van der Waals surface area (Å²) in [5, 5.41) is 4.98. The molecule has 0 amide bonds. The summed E-state index contributed by atoms with van der Waals surface area (Å²) in [5.74, 6) is 0. The topological polar surface area (TPSA) is 26.2 Å². The molecule has 108 valence electrons. The Morgan fingerprint density at radius 3 is 2.90 bits per heavy atom. The maximum atomic E-state index is 5.14. The predicted molar refractivity (Wildman–Crippen MR) is 82.9 cm³/mol. The van der Waals surface area contributed by atoms with E-state index in [1.54, 1.807) is 7.11 Å². The first-order chi connectivity index (χ1) is 9.88. The van der Waals surface area contributed by atoms with Crippen LogP contribution in [0.25, 0.3) is 10.9 Å². The minimum Gasteiger partial charge on any atom is -0.385 e. The molecule has 0 unspecified atom stereocenters. The van der Waals surface area contributed by atoms with Crippen molar-refractivity contribution in [2.24, 2.45) is 0 Å². The van der Waals surface area contributed by atoms with Crippen molar-refractivity contribution in [3.05, 3.63) is 36.0 Å². The van der Waals surface area contributed by atoms with Crippen LogP contribution in [0.5, 0.6) is 0 Å². The Hall–Kier alpha value is -1.32. The molecule has 0 bridgehead atoms. The SMILES string of the molecule is COCCCCn1c(CNC2CC2)cc2ccccc21. The molecule has 0 saturated heterocycles. The van der Waals surface area contributed by atoms with Gasteiger partial charge in [0, 0.05) is 44.1 Å². The number of aromatic nitrogens is 1. The Morgan fingerprint density at radius 2 is 2.10 bits per heavy atom. The standard InChI is InChI=1S/C17H24N2O/c1-20-11-5-4-10-19-16(13-18-15-8-9-15)12-14-6-2-3-7-17(14)19/h2-3,6-7,12,15,18H,4-5,8-11,13H2,1H3. The molecule has 1 aromatic carbocycles. The Bertz CT molecular complexity index is 557. The van der Waals surface area contributed by atoms with Crippen molar-refractivity contribution in [1.82, 2.24) is 9.88 Å². The molecule has 3 rings (SSSR count). The second-order valence-electron chi connectivity index (χ2n) is 5.70. The predicted octanol–water partition coefficient (Wildman–Crippen LogP) is 3.32. The van der Waals surface area contributed by atoms with Crippen molar-refractivity contribution in [1.29, 1.82) is 0 Å². The summed E-state index contributed by atoms with van der Waals surface area (Å²) in [4.78, 5) is 0. The zero-order chi connectivity index (χ0) is 13.8. The first-order valence-electron chi connectivity index (χ1n) is 7.68. The number of para-hydroxylation sites is 1. The molecule has 1 aliphatic carbocycles. The molecule has 3 nitrogen and oxygen atoms in total. The summed E-state index contributed by atoms with van der Waals surface area (Å²) in [6.45, 7) is 2.93. The molecule has 1 heterocycles. The minimum atomic E-state index is 0.759. The van der Waals surface area contributed by atoms with E-state index in [2.05, 4.69) is 40.2 Å². The Morgan fingerprint density at radius 1 is 1.25 bits per heavy atom. The fourth-order valence-corrected chi connectivity index (χ4v) is 2.73. The normalized spacial score (nSPS) is 15.1. The van der Waals surface area contributed by atoms with E-state index >= 15 is 0 Å². The second kappa shape index (κ2) is 6.42. The molecule has 1 aliphatic rings. The number of rotatable bonds is 8. The molecule has 3 heteroatoms. The molecule has 1 N–H and O–H groups in total. The van der Waals surface area contributed by atoms with Crippen LogP contribution in [0.4, 0.5) is 0 Å². The van der Waals surface area contributed by atoms with Crippen LogP contribution in [0.3, 0.4) is 0 Å². The highest BCUT2D eigenvalue weighted by Crippen LogP contribution is 2.23. The van der Waals surface area contributed by atoms with Gasteiger partial charge in [-0.15, -0.1) is 0 Å². The average Bonchev–Trinajstić information content (AvgIpc) is 3.23. The maximum absolute atomic E-state index is 5.14. The monoisotopic (exact) mass is 272 g/mol. The molecular weight excluding hydrogens is 248 g/mol. The van der Waals surface area contributed by atoms with Crippen molar-refractivity contribution in [2.45, 2.75) is 44.8 Å². The first kappa shape index (κ1) is 13.7. The van der Waals surface area contributed by atoms with Gasteiger partial charge in [0.25, 0.3) is 0 Å². The van der Waals surface area contributed by atoms with Crippen molar-refractivity contribution in [3.63, 3.8) is 0 Å². The summed E-state index contributed by atoms with van der Waals surface area (Å²) in [7, 11) is 1.77. The number of benzene rings is 1. The van der Waals surface area contributed by atoms with Gasteiger partial charge in [0.05, 0.1) is 0 Å². The van der Waals surface area contributed by atoms with Gasteiger partial charge in [-0.25, -0.2) is 0 Å². The Balaban J connectivity index is 1.75. The lowest BCUT2D eigenvalue weighted by Gasteiger charge is -2.11. The van der Waals surface area contributed by atoms with Crippen molar-refractivity contribution >= 4 is 10.9 Å². The van der Waals surface area contributed by atoms with Gasteiger partial charge in [-0.3, -0.25) is 0 Å². The third-order valence-corrected chi connectivity index (χ3v) is 4.03. The summed E-state index contributed by atoms with van der Waals surface area (Å²) in [6, 6.07) is 11.8. The third-order valence-electron chi connectivity index (χ3n) is 4.03. The van der Waals surface area contributed by atoms with E-state index in [1.165, 1.54) is 35.9 Å². The van der Waals surface area contributed by atoms with Gasteiger partial charge in [0.1, 0.15) is 0 Å². The number of nitrogens with one attached hydrogen (secondary N) is 1. The lowest BCUT2D eigenvalue weighted by molar-refractivity contribution is 0.191. The number of fused-ring (bicyclic) bond motifs is 1. The highest BCUT2D eigenvalue weighted by Gasteiger charge is 2.20. The van der Waals surface area contributed by atoms with Crippen LogP contribution in [0, 0.1) is 0 Å². The fourth-order valence-electron chi connectivity index (χ4n) is 2.73. The molecule has 1 fully saturated rings. The molecule has 0 radical (unpaired) electrons. The van der Waals surface area contributed by atoms with Gasteiger partial charge < -0.3 is 14.6 Å². The fraction of sp³-hybridized carbons (Fsp3) is 0.529. The highest BCUT2D eigenvalue weighted by molar-refractivity contribution is 5.81. The second-order valence-corrected chi connectivity index (χ2v) is 5.70. The number of unbranched alkanes of at least 4 members (excludes halogenated alkanes) is 1. The summed E-state index contributed by atoms with van der Waals surface area (Å²) < 4.78 is 7.62. The number of methoxy groups -OCH3 is 1. The van der Waals surface area contributed by atoms with E-state index in [0.29, 0.717) is 0 Å². The first-order valence-corrected chi connectivity index (χ1v) is 7.68. The smallest absolute Gasteiger partial charge is 0.0482 e. The number of nitrogens with zero attached hydrogens (tertiary/aromatic N) is 1. The lowest BCUT2D eigenvalue weighted by Crippen LogP contribution is -2.18. The van der Waals surface area contributed by atoms with E-state index in [9.17, 15) is 0 Å². The summed E-state index contributed by atoms with van der Waals surface area (Å²) in [5.41, 5.74) is 2.77. The summed E-state index contributed by atoms with van der Waals surface area (Å²) >= 11 is 0. The quantitative estimate of drug-likeness (QED) is 0.746. The third kappa shape index (κ3) is 3.22. The average molecular weight is 272 g/mol. The van der Waals surface area contributed by atoms with E-state index in [4.69, 9.17) is 4.74 Å². The van der Waals surface area contributed by atoms with Crippen LogP contribution in [0.2, 0.25) is 0 Å². The Kier molecular flexibility index (Phi) is 4.38. The molecule has 20 heavy (non-hydrogen) atoms. The lowest BCUT2D eigenvalue weighted by atomic mass is 10.2. The minimum absolute atomic E-state index is 0.759. The zero-order valence-corrected chi connectivity index (χ0v) is 12.3. The number of aryl methyl sites for hydroxylation is 1. The van der Waals surface area contributed by atoms with E-state index in [0.717, 1.165) is 32.2 Å². The van der Waals surface area contributed by atoms with Crippen LogP contribution in [-0.2, 0) is 17.8 Å². The number of ether oxygens (including phenoxy) is 1. The van der Waals surface area contributed by atoms with Crippen molar-refractivity contribution in [2.75, 3.05) is 13.7 Å². The van der Waals surface area contributed by atoms with Crippen LogP contribution in [0.15, 0.2) is 30.3 Å². The van der Waals surface area contributed by atoms with Gasteiger partial charge >= 0.3 is 0 Å². The number of hydrogen-bond donors (Lipinski definition) is 1. The van der Waals surface area contributed by atoms with Gasteiger partial charge in [-0.2, -0.15) is 0 Å². The molecular formula is C17H24N2O. The largest absolute Gasteiger partial charge is 0.385 e. The van der Waals surface area contributed by atoms with Gasteiger partial charge in [0.15, 0.2) is 0 Å². The molecule has 0 spiro atoms. The van der Waals surface area contributed by atoms with Gasteiger partial charge in [-0.1, -0.05) is 18.2 Å². The molecule has 0 aliphatic heterocycles. The van der Waals surface area contributed by atoms with E-state index in [-0.39, 0.29) is 0 Å². The van der Waals surface area contributed by atoms with E-state index < -0.39 is 0 Å². The van der Waals surface area contributed by atoms with Gasteiger partial charge in [0.2, 0.25) is 0 Å². The van der Waals surface area contributed by atoms with Crippen molar-refractivity contribution in [3.8, 4) is 0 Å². The van der Waals surface area contributed by atoms with Crippen LogP contribution < -0.4 is 5.32 Å². The van der Waals surface area contributed by atoms with Crippen LogP contribution >= 0.6 is 0 Å². The molecule has 0 atom stereocenters. The maximum Gasteiger partial charge on any atom is 0.0482 e. The Labute approximate surface area is 120 Å². The van der Waals surface area contributed by atoms with E-state index in [1.807, 2.05) is 0 Å². The molecule has 1 aromatic heterocycles. The highest BCUT2D eigenvalue weighted by atomic mass is 16.5.